The van der Waals surface area contributed by atoms with Crippen molar-refractivity contribution in [3.8, 4) is 28.7 Å². The van der Waals surface area contributed by atoms with Crippen molar-refractivity contribution in [3.63, 3.8) is 0 Å². The second-order valence-corrected chi connectivity index (χ2v) is 8.96. The maximum Gasteiger partial charge on any atom is 0.312 e. The molecule has 0 saturated heterocycles. The van der Waals surface area contributed by atoms with E-state index in [1.807, 2.05) is 0 Å². The third-order valence-corrected chi connectivity index (χ3v) is 6.88. The zero-order valence-corrected chi connectivity index (χ0v) is 21.2. The molecule has 0 fully saturated rings. The monoisotopic (exact) mass is 526 g/mol. The second kappa shape index (κ2) is 9.36. The third kappa shape index (κ3) is 3.82. The third-order valence-electron chi connectivity index (χ3n) is 6.88. The molecule has 6 rings (SSSR count). The topological polar surface area (TPSA) is 111 Å². The molecule has 0 N–H and O–H groups in total. The van der Waals surface area contributed by atoms with E-state index in [9.17, 15) is 14.4 Å². The highest BCUT2D eigenvalue weighted by atomic mass is 16.5. The van der Waals surface area contributed by atoms with Crippen molar-refractivity contribution in [3.05, 3.63) is 93.0 Å². The van der Waals surface area contributed by atoms with E-state index in [1.165, 1.54) is 27.6 Å². The summed E-state index contributed by atoms with van der Waals surface area (Å²) in [7, 11) is 4.48. The van der Waals surface area contributed by atoms with E-state index in [0.29, 0.717) is 39.3 Å². The summed E-state index contributed by atoms with van der Waals surface area (Å²) in [6.45, 7) is 0. The Balaban J connectivity index is 1.48. The summed E-state index contributed by atoms with van der Waals surface area (Å²) < 4.78 is 33.7. The minimum Gasteiger partial charge on any atom is -0.493 e. The van der Waals surface area contributed by atoms with Gasteiger partial charge in [-0.15, -0.1) is 0 Å². The number of carbonyl (C=O) groups is 2. The zero-order chi connectivity index (χ0) is 27.3. The Morgan fingerprint density at radius 2 is 1.67 bits per heavy atom. The predicted octanol–water partition coefficient (Wildman–Crippen LogP) is 4.88. The van der Waals surface area contributed by atoms with E-state index in [1.54, 1.807) is 54.6 Å². The Bertz CT molecular complexity index is 1760. The van der Waals surface area contributed by atoms with Gasteiger partial charge in [0.15, 0.2) is 22.7 Å². The molecule has 39 heavy (non-hydrogen) atoms. The molecular weight excluding hydrogens is 504 g/mol. The van der Waals surface area contributed by atoms with Gasteiger partial charge in [0, 0.05) is 22.6 Å². The second-order valence-electron chi connectivity index (χ2n) is 8.96. The minimum atomic E-state index is -0.736. The Labute approximate surface area is 222 Å². The van der Waals surface area contributed by atoms with Crippen LogP contribution in [0.2, 0.25) is 0 Å². The number of para-hydroxylation sites is 1. The van der Waals surface area contributed by atoms with Gasteiger partial charge in [0.25, 0.3) is 0 Å². The molecule has 0 saturated carbocycles. The number of Topliss-reactive ketones (excluding diaryl/α,β-unsaturated/α-hetero) is 1. The quantitative estimate of drug-likeness (QED) is 0.204. The lowest BCUT2D eigenvalue weighted by atomic mass is 9.85. The van der Waals surface area contributed by atoms with Crippen LogP contribution in [0.5, 0.6) is 28.7 Å². The average Bonchev–Trinajstić information content (AvgIpc) is 3.27. The smallest absolute Gasteiger partial charge is 0.312 e. The number of hydrogen-bond donors (Lipinski definition) is 0. The van der Waals surface area contributed by atoms with Crippen molar-refractivity contribution in [1.82, 2.24) is 0 Å². The zero-order valence-electron chi connectivity index (χ0n) is 21.2. The molecule has 0 aliphatic carbocycles. The summed E-state index contributed by atoms with van der Waals surface area (Å²) >= 11 is 0. The first kappa shape index (κ1) is 24.3. The van der Waals surface area contributed by atoms with Gasteiger partial charge in [-0.25, -0.2) is 0 Å². The lowest BCUT2D eigenvalue weighted by molar-refractivity contribution is -0.135. The number of carbonyl (C=O) groups excluding carboxylic acids is 2. The molecule has 196 valence electrons. The Morgan fingerprint density at radius 3 is 2.44 bits per heavy atom. The van der Waals surface area contributed by atoms with Crippen LogP contribution in [0.3, 0.4) is 0 Å². The molecule has 0 bridgehead atoms. The number of ether oxygens (including phenoxy) is 5. The molecule has 3 aromatic carbocycles. The summed E-state index contributed by atoms with van der Waals surface area (Å²) in [5.74, 6) is 0.0647. The van der Waals surface area contributed by atoms with Crippen LogP contribution in [-0.2, 0) is 4.79 Å². The highest BCUT2D eigenvalue weighted by Gasteiger charge is 2.40. The van der Waals surface area contributed by atoms with Crippen molar-refractivity contribution in [2.24, 2.45) is 0 Å². The molecule has 4 aromatic rings. The molecule has 2 aliphatic rings. The predicted molar refractivity (Wildman–Crippen MR) is 140 cm³/mol. The number of allylic oxidation sites excluding steroid dienone is 1. The van der Waals surface area contributed by atoms with E-state index in [0.717, 1.165) is 0 Å². The van der Waals surface area contributed by atoms with Gasteiger partial charge in [-0.2, -0.15) is 0 Å². The molecule has 3 heterocycles. The summed E-state index contributed by atoms with van der Waals surface area (Å²) in [4.78, 5) is 39.4. The molecule has 0 amide bonds. The number of methoxy groups -OCH3 is 3. The number of benzene rings is 3. The fourth-order valence-corrected chi connectivity index (χ4v) is 5.08. The lowest BCUT2D eigenvalue weighted by Crippen LogP contribution is -2.25. The van der Waals surface area contributed by atoms with E-state index in [-0.39, 0.29) is 46.0 Å². The minimum absolute atomic E-state index is 0.0325. The summed E-state index contributed by atoms with van der Waals surface area (Å²) in [6, 6.07) is 13.4. The van der Waals surface area contributed by atoms with Crippen molar-refractivity contribution in [2.45, 2.75) is 12.3 Å². The van der Waals surface area contributed by atoms with E-state index in [4.69, 9.17) is 28.1 Å². The van der Waals surface area contributed by atoms with Gasteiger partial charge in [0.1, 0.15) is 17.1 Å². The van der Waals surface area contributed by atoms with Gasteiger partial charge in [0.2, 0.25) is 11.5 Å². The molecule has 1 atom stereocenters. The molecule has 1 aromatic heterocycles. The summed E-state index contributed by atoms with van der Waals surface area (Å²) in [5, 5.41) is 0.390. The van der Waals surface area contributed by atoms with Crippen LogP contribution in [0, 0.1) is 0 Å². The van der Waals surface area contributed by atoms with Crippen molar-refractivity contribution >= 4 is 28.8 Å². The average molecular weight is 526 g/mol. The van der Waals surface area contributed by atoms with Gasteiger partial charge < -0.3 is 28.1 Å². The molecular formula is C30H22O9. The first-order valence-electron chi connectivity index (χ1n) is 12.1. The Kier molecular flexibility index (Phi) is 5.83. The summed E-state index contributed by atoms with van der Waals surface area (Å²) in [5.41, 5.74) is 1.69. The van der Waals surface area contributed by atoms with Gasteiger partial charge >= 0.3 is 5.97 Å². The van der Waals surface area contributed by atoms with Crippen LogP contribution in [0.4, 0.5) is 0 Å². The number of esters is 1. The fourth-order valence-electron chi connectivity index (χ4n) is 5.08. The maximum atomic E-state index is 13.4. The SMILES string of the molecule is COc1ccc(/C=C2\Oc3c(ccc4c3[C@@H](c3coc5ccccc5c3=O)CC(=O)O4)C2=O)c(OC)c1OC. The van der Waals surface area contributed by atoms with E-state index < -0.39 is 11.9 Å². The largest absolute Gasteiger partial charge is 0.493 e. The van der Waals surface area contributed by atoms with Crippen LogP contribution in [-0.4, -0.2) is 33.1 Å². The fraction of sp³-hybridized carbons (Fsp3) is 0.167. The first-order valence-corrected chi connectivity index (χ1v) is 12.1. The van der Waals surface area contributed by atoms with Gasteiger partial charge in [-0.1, -0.05) is 12.1 Å². The molecule has 0 radical (unpaired) electrons. The summed E-state index contributed by atoms with van der Waals surface area (Å²) in [6.07, 6.45) is 2.79. The van der Waals surface area contributed by atoms with Crippen molar-refractivity contribution in [2.75, 3.05) is 21.3 Å². The maximum absolute atomic E-state index is 13.4. The van der Waals surface area contributed by atoms with Crippen LogP contribution in [0.1, 0.15) is 39.4 Å². The molecule has 0 spiro atoms. The van der Waals surface area contributed by atoms with Gasteiger partial charge in [-0.05, 0) is 42.5 Å². The highest BCUT2D eigenvalue weighted by molar-refractivity contribution is 6.15. The molecule has 9 heteroatoms. The number of ketones is 1. The molecule has 0 unspecified atom stereocenters. The van der Waals surface area contributed by atoms with Crippen LogP contribution >= 0.6 is 0 Å². The van der Waals surface area contributed by atoms with E-state index in [2.05, 4.69) is 0 Å². The number of rotatable bonds is 5. The standard InChI is InChI=1S/C30H22O9/c1-34-22-10-8-15(28(35-2)30(22)36-3)12-23-27(33)17-9-11-21-25(29(17)39-23)18(13-24(31)38-21)19-14-37-20-7-5-4-6-16(20)26(19)32/h4-12,14,18H,13H2,1-3H3/b23-12-/t18-/m1/s1. The normalized spacial score (nSPS) is 16.9. The van der Waals surface area contributed by atoms with Crippen LogP contribution in [0.25, 0.3) is 17.0 Å². The molecule has 2 aliphatic heterocycles. The Morgan fingerprint density at radius 1 is 0.872 bits per heavy atom. The van der Waals surface area contributed by atoms with Crippen molar-refractivity contribution < 1.29 is 37.7 Å². The van der Waals surface area contributed by atoms with Gasteiger partial charge in [0.05, 0.1) is 45.0 Å². The first-order chi connectivity index (χ1) is 18.9. The number of fused-ring (bicyclic) bond motifs is 4. The Hall–Kier alpha value is -5.05. The lowest BCUT2D eigenvalue weighted by Gasteiger charge is -2.25. The number of hydrogen-bond acceptors (Lipinski definition) is 9. The van der Waals surface area contributed by atoms with Crippen LogP contribution < -0.4 is 29.1 Å². The van der Waals surface area contributed by atoms with E-state index >= 15 is 0 Å². The van der Waals surface area contributed by atoms with Gasteiger partial charge in [-0.3, -0.25) is 14.4 Å². The van der Waals surface area contributed by atoms with Crippen molar-refractivity contribution in [1.29, 1.82) is 0 Å². The molecule has 9 nitrogen and oxygen atoms in total. The van der Waals surface area contributed by atoms with Crippen LogP contribution in [0.15, 0.2) is 69.8 Å². The highest BCUT2D eigenvalue weighted by Crippen LogP contribution is 2.49.